The summed E-state index contributed by atoms with van der Waals surface area (Å²) in [5, 5.41) is 3.04. The summed E-state index contributed by atoms with van der Waals surface area (Å²) >= 11 is 0. The molecule has 1 aliphatic heterocycles. The van der Waals surface area contributed by atoms with Crippen molar-refractivity contribution in [3.8, 4) is 0 Å². The average Bonchev–Trinajstić information content (AvgIpc) is 2.84. The van der Waals surface area contributed by atoms with E-state index in [1.165, 1.54) is 24.9 Å². The Morgan fingerprint density at radius 1 is 1.39 bits per heavy atom. The Bertz CT molecular complexity index is 399. The minimum Gasteiger partial charge on any atom is -0.350 e. The number of carbonyl (C=O) groups excluding carboxylic acids is 1. The predicted molar refractivity (Wildman–Crippen MR) is 73.8 cm³/mol. The summed E-state index contributed by atoms with van der Waals surface area (Å²) < 4.78 is 0. The molecule has 1 aliphatic rings. The minimum absolute atomic E-state index is 0.0398. The zero-order valence-electron chi connectivity index (χ0n) is 11.3. The van der Waals surface area contributed by atoms with Crippen LogP contribution in [-0.2, 0) is 0 Å². The summed E-state index contributed by atoms with van der Waals surface area (Å²) in [5.74, 6) is 0.0398. The molecule has 3 nitrogen and oxygen atoms in total. The Morgan fingerprint density at radius 2 is 2.11 bits per heavy atom. The maximum absolute atomic E-state index is 12.0. The monoisotopic (exact) mass is 246 g/mol. The summed E-state index contributed by atoms with van der Waals surface area (Å²) in [6.45, 7) is 7.21. The van der Waals surface area contributed by atoms with E-state index in [0.29, 0.717) is 6.04 Å². The van der Waals surface area contributed by atoms with Crippen molar-refractivity contribution in [3.05, 3.63) is 35.4 Å². The van der Waals surface area contributed by atoms with Gasteiger partial charge in [-0.15, -0.1) is 0 Å². The number of aryl methyl sites for hydroxylation is 1. The van der Waals surface area contributed by atoms with Crippen molar-refractivity contribution < 1.29 is 4.79 Å². The van der Waals surface area contributed by atoms with E-state index in [0.717, 1.165) is 18.7 Å². The quantitative estimate of drug-likeness (QED) is 0.883. The molecule has 1 fully saturated rings. The van der Waals surface area contributed by atoms with Gasteiger partial charge in [-0.05, 0) is 45.0 Å². The second-order valence-electron chi connectivity index (χ2n) is 5.00. The molecule has 0 spiro atoms. The number of nitrogens with zero attached hydrogens (tertiary/aromatic N) is 1. The highest BCUT2D eigenvalue weighted by Gasteiger charge is 2.23. The Kier molecular flexibility index (Phi) is 4.37. The van der Waals surface area contributed by atoms with Crippen LogP contribution in [0.15, 0.2) is 24.3 Å². The van der Waals surface area contributed by atoms with Gasteiger partial charge in [0.2, 0.25) is 0 Å². The van der Waals surface area contributed by atoms with Crippen LogP contribution >= 0.6 is 0 Å². The first-order chi connectivity index (χ1) is 8.70. The Hall–Kier alpha value is -1.35. The summed E-state index contributed by atoms with van der Waals surface area (Å²) in [6.07, 6.45) is 2.45. The number of likely N-dealkylation sites (tertiary alicyclic amines) is 1. The third-order valence-electron chi connectivity index (χ3n) is 3.72. The lowest BCUT2D eigenvalue weighted by atomic mass is 10.1. The highest BCUT2D eigenvalue weighted by Crippen LogP contribution is 2.15. The molecule has 1 unspecified atom stereocenters. The molecule has 1 aromatic carbocycles. The number of hydrogen-bond donors (Lipinski definition) is 1. The molecule has 1 amide bonds. The first-order valence-electron chi connectivity index (χ1n) is 6.79. The van der Waals surface area contributed by atoms with Gasteiger partial charge in [0, 0.05) is 18.2 Å². The molecule has 1 atom stereocenters. The summed E-state index contributed by atoms with van der Waals surface area (Å²) in [4.78, 5) is 14.4. The van der Waals surface area contributed by atoms with Crippen molar-refractivity contribution in [3.63, 3.8) is 0 Å². The van der Waals surface area contributed by atoms with E-state index in [2.05, 4.69) is 17.1 Å². The van der Waals surface area contributed by atoms with E-state index < -0.39 is 0 Å². The van der Waals surface area contributed by atoms with Crippen LogP contribution in [0.3, 0.4) is 0 Å². The minimum atomic E-state index is 0.0398. The fourth-order valence-corrected chi connectivity index (χ4v) is 2.56. The summed E-state index contributed by atoms with van der Waals surface area (Å²) in [5.41, 5.74) is 1.93. The van der Waals surface area contributed by atoms with Gasteiger partial charge in [-0.25, -0.2) is 0 Å². The molecule has 98 valence electrons. The molecule has 0 saturated carbocycles. The van der Waals surface area contributed by atoms with Gasteiger partial charge in [0.15, 0.2) is 0 Å². The molecule has 0 bridgehead atoms. The molecule has 2 rings (SSSR count). The van der Waals surface area contributed by atoms with E-state index >= 15 is 0 Å². The van der Waals surface area contributed by atoms with Crippen LogP contribution in [0, 0.1) is 6.92 Å². The van der Waals surface area contributed by atoms with Crippen LogP contribution in [0.4, 0.5) is 0 Å². The fraction of sp³-hybridized carbons (Fsp3) is 0.533. The van der Waals surface area contributed by atoms with Crippen molar-refractivity contribution in [1.29, 1.82) is 0 Å². The summed E-state index contributed by atoms with van der Waals surface area (Å²) in [7, 11) is 0. The fourth-order valence-electron chi connectivity index (χ4n) is 2.56. The van der Waals surface area contributed by atoms with E-state index in [1.807, 2.05) is 31.2 Å². The molecule has 1 saturated heterocycles. The number of rotatable bonds is 4. The lowest BCUT2D eigenvalue weighted by Crippen LogP contribution is -2.40. The average molecular weight is 246 g/mol. The number of likely N-dealkylation sites (N-methyl/N-ethyl adjacent to an activating group) is 1. The largest absolute Gasteiger partial charge is 0.350 e. The molecule has 1 aromatic rings. The smallest absolute Gasteiger partial charge is 0.251 e. The third kappa shape index (κ3) is 3.10. The van der Waals surface area contributed by atoms with Crippen molar-refractivity contribution in [2.24, 2.45) is 0 Å². The zero-order valence-corrected chi connectivity index (χ0v) is 11.3. The standard InChI is InChI=1S/C15H22N2O/c1-3-17-10-4-5-14(17)11-16-15(18)13-8-6-12(2)7-9-13/h6-9,14H,3-5,10-11H2,1-2H3,(H,16,18). The zero-order chi connectivity index (χ0) is 13.0. The Labute approximate surface area is 109 Å². The number of hydrogen-bond acceptors (Lipinski definition) is 2. The molecule has 1 N–H and O–H groups in total. The second-order valence-corrected chi connectivity index (χ2v) is 5.00. The van der Waals surface area contributed by atoms with Crippen molar-refractivity contribution in [2.45, 2.75) is 32.7 Å². The van der Waals surface area contributed by atoms with Crippen LogP contribution in [0.5, 0.6) is 0 Å². The molecule has 1 heterocycles. The van der Waals surface area contributed by atoms with Gasteiger partial charge < -0.3 is 5.32 Å². The lowest BCUT2D eigenvalue weighted by molar-refractivity contribution is 0.0941. The molecule has 0 radical (unpaired) electrons. The SMILES string of the molecule is CCN1CCCC1CNC(=O)c1ccc(C)cc1. The van der Waals surface area contributed by atoms with E-state index in [4.69, 9.17) is 0 Å². The van der Waals surface area contributed by atoms with Gasteiger partial charge >= 0.3 is 0 Å². The topological polar surface area (TPSA) is 32.3 Å². The number of nitrogens with one attached hydrogen (secondary N) is 1. The highest BCUT2D eigenvalue weighted by molar-refractivity contribution is 5.94. The number of benzene rings is 1. The van der Waals surface area contributed by atoms with Crippen molar-refractivity contribution in [2.75, 3.05) is 19.6 Å². The number of carbonyl (C=O) groups is 1. The normalized spacial score (nSPS) is 20.0. The van der Waals surface area contributed by atoms with Gasteiger partial charge in [0.1, 0.15) is 0 Å². The number of amides is 1. The van der Waals surface area contributed by atoms with Gasteiger partial charge in [0.05, 0.1) is 0 Å². The van der Waals surface area contributed by atoms with Crippen LogP contribution in [0.1, 0.15) is 35.7 Å². The van der Waals surface area contributed by atoms with Crippen LogP contribution in [0.2, 0.25) is 0 Å². The van der Waals surface area contributed by atoms with Gasteiger partial charge in [-0.2, -0.15) is 0 Å². The van der Waals surface area contributed by atoms with E-state index in [1.54, 1.807) is 0 Å². The molecule has 18 heavy (non-hydrogen) atoms. The van der Waals surface area contributed by atoms with Crippen LogP contribution in [-0.4, -0.2) is 36.5 Å². The lowest BCUT2D eigenvalue weighted by Gasteiger charge is -2.22. The highest BCUT2D eigenvalue weighted by atomic mass is 16.1. The van der Waals surface area contributed by atoms with Gasteiger partial charge in [-0.3, -0.25) is 9.69 Å². The molecular formula is C15H22N2O. The molecule has 0 aliphatic carbocycles. The van der Waals surface area contributed by atoms with Crippen molar-refractivity contribution >= 4 is 5.91 Å². The molecule has 0 aromatic heterocycles. The predicted octanol–water partition coefficient (Wildman–Crippen LogP) is 2.21. The van der Waals surface area contributed by atoms with Gasteiger partial charge in [-0.1, -0.05) is 24.6 Å². The Balaban J connectivity index is 1.86. The first-order valence-corrected chi connectivity index (χ1v) is 6.79. The second kappa shape index (κ2) is 6.01. The van der Waals surface area contributed by atoms with Gasteiger partial charge in [0.25, 0.3) is 5.91 Å². The first kappa shape index (κ1) is 13.1. The third-order valence-corrected chi connectivity index (χ3v) is 3.72. The maximum atomic E-state index is 12.0. The van der Waals surface area contributed by atoms with Crippen LogP contribution in [0.25, 0.3) is 0 Å². The van der Waals surface area contributed by atoms with E-state index in [-0.39, 0.29) is 5.91 Å². The molecular weight excluding hydrogens is 224 g/mol. The summed E-state index contributed by atoms with van der Waals surface area (Å²) in [6, 6.07) is 8.24. The molecule has 3 heteroatoms. The maximum Gasteiger partial charge on any atom is 0.251 e. The van der Waals surface area contributed by atoms with Crippen molar-refractivity contribution in [1.82, 2.24) is 10.2 Å². The van der Waals surface area contributed by atoms with Crippen LogP contribution < -0.4 is 5.32 Å². The van der Waals surface area contributed by atoms with E-state index in [9.17, 15) is 4.79 Å². The Morgan fingerprint density at radius 3 is 2.78 bits per heavy atom.